The molecule has 2 saturated heterocycles. The number of para-hydroxylation sites is 1. The van der Waals surface area contributed by atoms with Crippen molar-refractivity contribution >= 4 is 11.6 Å². The Morgan fingerprint density at radius 2 is 1.73 bits per heavy atom. The highest BCUT2D eigenvalue weighted by Crippen LogP contribution is 2.20. The van der Waals surface area contributed by atoms with Crippen LogP contribution in [-0.4, -0.2) is 87.8 Å². The molecule has 0 aromatic heterocycles. The molecule has 168 valence electrons. The zero-order chi connectivity index (χ0) is 21.2. The van der Waals surface area contributed by atoms with Gasteiger partial charge in [0.1, 0.15) is 5.82 Å². The molecular weight excluding hydrogens is 379 g/mol. The molecule has 0 spiro atoms. The van der Waals surface area contributed by atoms with Gasteiger partial charge < -0.3 is 20.4 Å². The number of nitrogens with zero attached hydrogens (tertiary/aromatic N) is 4. The fourth-order valence-corrected chi connectivity index (χ4v) is 4.44. The van der Waals surface area contributed by atoms with Crippen LogP contribution in [0.1, 0.15) is 32.6 Å². The fraction of sp³-hybridized carbons (Fsp3) is 0.696. The van der Waals surface area contributed by atoms with Crippen molar-refractivity contribution in [3.8, 4) is 0 Å². The van der Waals surface area contributed by atoms with Gasteiger partial charge in [-0.3, -0.25) is 9.89 Å². The second-order valence-electron chi connectivity index (χ2n) is 8.39. The van der Waals surface area contributed by atoms with Crippen LogP contribution >= 0.6 is 0 Å². The highest BCUT2D eigenvalue weighted by atomic mass is 19.1. The third-order valence-electron chi connectivity index (χ3n) is 6.20. The van der Waals surface area contributed by atoms with Crippen molar-refractivity contribution in [1.82, 2.24) is 20.4 Å². The Labute approximate surface area is 181 Å². The zero-order valence-electron chi connectivity index (χ0n) is 18.7. The summed E-state index contributed by atoms with van der Waals surface area (Å²) in [5.74, 6) is 0.804. The SMILES string of the molecule is CCCN1CCC(NC(=NC)NCCCN2CCN(c3ccccc3F)CC2)CC1. The molecule has 2 N–H and O–H groups in total. The maximum absolute atomic E-state index is 14.0. The van der Waals surface area contributed by atoms with Crippen LogP contribution in [-0.2, 0) is 0 Å². The maximum atomic E-state index is 14.0. The summed E-state index contributed by atoms with van der Waals surface area (Å²) in [4.78, 5) is 11.6. The first-order valence-corrected chi connectivity index (χ1v) is 11.6. The van der Waals surface area contributed by atoms with Gasteiger partial charge in [-0.2, -0.15) is 0 Å². The summed E-state index contributed by atoms with van der Waals surface area (Å²) >= 11 is 0. The van der Waals surface area contributed by atoms with Crippen LogP contribution < -0.4 is 15.5 Å². The molecule has 0 aliphatic carbocycles. The number of likely N-dealkylation sites (tertiary alicyclic amines) is 1. The molecule has 2 fully saturated rings. The molecular formula is C23H39FN6. The van der Waals surface area contributed by atoms with E-state index in [0.29, 0.717) is 6.04 Å². The normalized spacial score (nSPS) is 19.8. The van der Waals surface area contributed by atoms with Gasteiger partial charge in [0.15, 0.2) is 5.96 Å². The van der Waals surface area contributed by atoms with E-state index in [0.717, 1.165) is 57.3 Å². The van der Waals surface area contributed by atoms with Crippen LogP contribution in [0.2, 0.25) is 0 Å². The number of piperazine rings is 1. The van der Waals surface area contributed by atoms with E-state index in [1.807, 2.05) is 19.2 Å². The quantitative estimate of drug-likeness (QED) is 0.386. The molecule has 2 aliphatic heterocycles. The molecule has 0 atom stereocenters. The number of piperidine rings is 1. The molecule has 2 heterocycles. The minimum atomic E-state index is -0.120. The second kappa shape index (κ2) is 12.1. The second-order valence-corrected chi connectivity index (χ2v) is 8.39. The summed E-state index contributed by atoms with van der Waals surface area (Å²) in [5, 5.41) is 7.07. The predicted molar refractivity (Wildman–Crippen MR) is 124 cm³/mol. The van der Waals surface area contributed by atoms with Crippen LogP contribution in [0.5, 0.6) is 0 Å². The van der Waals surface area contributed by atoms with Gasteiger partial charge in [0.2, 0.25) is 0 Å². The average Bonchev–Trinajstić information content (AvgIpc) is 2.78. The Morgan fingerprint density at radius 1 is 1.03 bits per heavy atom. The number of anilines is 1. The Morgan fingerprint density at radius 3 is 2.40 bits per heavy atom. The minimum Gasteiger partial charge on any atom is -0.367 e. The van der Waals surface area contributed by atoms with Gasteiger partial charge in [-0.05, 0) is 50.9 Å². The van der Waals surface area contributed by atoms with Crippen molar-refractivity contribution in [3.63, 3.8) is 0 Å². The molecule has 0 saturated carbocycles. The molecule has 30 heavy (non-hydrogen) atoms. The van der Waals surface area contributed by atoms with E-state index in [1.54, 1.807) is 12.1 Å². The van der Waals surface area contributed by atoms with E-state index in [9.17, 15) is 4.39 Å². The lowest BCUT2D eigenvalue weighted by Gasteiger charge is -2.36. The number of halogens is 1. The molecule has 0 unspecified atom stereocenters. The van der Waals surface area contributed by atoms with Crippen molar-refractivity contribution < 1.29 is 4.39 Å². The lowest BCUT2D eigenvalue weighted by Crippen LogP contribution is -2.49. The molecule has 3 rings (SSSR count). The average molecular weight is 419 g/mol. The van der Waals surface area contributed by atoms with Crippen LogP contribution in [0, 0.1) is 5.82 Å². The summed E-state index contributed by atoms with van der Waals surface area (Å²) in [6, 6.07) is 7.60. The lowest BCUT2D eigenvalue weighted by molar-refractivity contribution is 0.206. The third kappa shape index (κ3) is 6.84. The third-order valence-corrected chi connectivity index (χ3v) is 6.20. The first-order chi connectivity index (χ1) is 14.7. The Hall–Kier alpha value is -1.86. The molecule has 0 amide bonds. The van der Waals surface area contributed by atoms with E-state index in [2.05, 4.69) is 37.2 Å². The van der Waals surface area contributed by atoms with Crippen molar-refractivity contribution in [1.29, 1.82) is 0 Å². The summed E-state index contributed by atoms with van der Waals surface area (Å²) < 4.78 is 14.0. The number of hydrogen-bond acceptors (Lipinski definition) is 4. The van der Waals surface area contributed by atoms with E-state index < -0.39 is 0 Å². The Bertz CT molecular complexity index is 651. The number of nitrogens with one attached hydrogen (secondary N) is 2. The zero-order valence-corrected chi connectivity index (χ0v) is 18.7. The number of guanidine groups is 1. The molecule has 6 nitrogen and oxygen atoms in total. The maximum Gasteiger partial charge on any atom is 0.191 e. The molecule has 7 heteroatoms. The van der Waals surface area contributed by atoms with Crippen LogP contribution in [0.4, 0.5) is 10.1 Å². The molecule has 1 aromatic carbocycles. The number of hydrogen-bond donors (Lipinski definition) is 2. The highest BCUT2D eigenvalue weighted by molar-refractivity contribution is 5.79. The standard InChI is InChI=1S/C23H39FN6/c1-3-12-28-14-9-20(10-15-28)27-23(25-2)26-11-6-13-29-16-18-30(19-17-29)22-8-5-4-7-21(22)24/h4-5,7-8,20H,3,6,9-19H2,1-2H3,(H2,25,26,27). The summed E-state index contributed by atoms with van der Waals surface area (Å²) in [6.07, 6.45) is 4.69. The molecule has 2 aliphatic rings. The monoisotopic (exact) mass is 418 g/mol. The Balaban J connectivity index is 1.29. The molecule has 0 radical (unpaired) electrons. The smallest absolute Gasteiger partial charge is 0.191 e. The Kier molecular flexibility index (Phi) is 9.21. The molecule has 0 bridgehead atoms. The predicted octanol–water partition coefficient (Wildman–Crippen LogP) is 2.38. The summed E-state index contributed by atoms with van der Waals surface area (Å²) in [5.41, 5.74) is 0.731. The lowest BCUT2D eigenvalue weighted by atomic mass is 10.1. The highest BCUT2D eigenvalue weighted by Gasteiger charge is 2.20. The van der Waals surface area contributed by atoms with E-state index >= 15 is 0 Å². The van der Waals surface area contributed by atoms with Gasteiger partial charge in [0, 0.05) is 58.9 Å². The van der Waals surface area contributed by atoms with Gasteiger partial charge >= 0.3 is 0 Å². The molecule has 1 aromatic rings. The van der Waals surface area contributed by atoms with Gasteiger partial charge in [-0.25, -0.2) is 4.39 Å². The largest absolute Gasteiger partial charge is 0.367 e. The minimum absolute atomic E-state index is 0.120. The van der Waals surface area contributed by atoms with E-state index in [1.165, 1.54) is 38.9 Å². The number of rotatable bonds is 8. The van der Waals surface area contributed by atoms with Crippen molar-refractivity contribution in [2.75, 3.05) is 70.9 Å². The number of benzene rings is 1. The van der Waals surface area contributed by atoms with Gasteiger partial charge in [0.25, 0.3) is 0 Å². The first-order valence-electron chi connectivity index (χ1n) is 11.6. The van der Waals surface area contributed by atoms with Crippen LogP contribution in [0.15, 0.2) is 29.3 Å². The van der Waals surface area contributed by atoms with Crippen molar-refractivity contribution in [3.05, 3.63) is 30.1 Å². The topological polar surface area (TPSA) is 46.1 Å². The van der Waals surface area contributed by atoms with Gasteiger partial charge in [0.05, 0.1) is 5.69 Å². The fourth-order valence-electron chi connectivity index (χ4n) is 4.44. The summed E-state index contributed by atoms with van der Waals surface area (Å²) in [7, 11) is 1.85. The first kappa shape index (κ1) is 22.8. The van der Waals surface area contributed by atoms with Gasteiger partial charge in [-0.15, -0.1) is 0 Å². The van der Waals surface area contributed by atoms with Crippen molar-refractivity contribution in [2.45, 2.75) is 38.6 Å². The summed E-state index contributed by atoms with van der Waals surface area (Å²) in [6.45, 7) is 11.5. The van der Waals surface area contributed by atoms with Crippen molar-refractivity contribution in [2.24, 2.45) is 4.99 Å². The van der Waals surface area contributed by atoms with Crippen LogP contribution in [0.25, 0.3) is 0 Å². The van der Waals surface area contributed by atoms with E-state index in [4.69, 9.17) is 0 Å². The van der Waals surface area contributed by atoms with Crippen LogP contribution in [0.3, 0.4) is 0 Å². The van der Waals surface area contributed by atoms with E-state index in [-0.39, 0.29) is 5.82 Å². The number of aliphatic imine (C=N–C) groups is 1. The van der Waals surface area contributed by atoms with Gasteiger partial charge in [-0.1, -0.05) is 19.1 Å².